The van der Waals surface area contributed by atoms with Gasteiger partial charge in [-0.25, -0.2) is 4.72 Å². The molecule has 2 aliphatic heterocycles. The second kappa shape index (κ2) is 11.7. The van der Waals surface area contributed by atoms with E-state index in [1.165, 1.54) is 58.4 Å². The van der Waals surface area contributed by atoms with Crippen LogP contribution in [0.1, 0.15) is 66.7 Å². The van der Waals surface area contributed by atoms with E-state index in [0.29, 0.717) is 5.25 Å². The van der Waals surface area contributed by atoms with Crippen LogP contribution < -0.4 is 4.72 Å². The first-order chi connectivity index (χ1) is 15.7. The molecule has 0 bridgehead atoms. The highest BCUT2D eigenvalue weighted by atomic mass is 32.2. The normalized spacial score (nSPS) is 20.1. The van der Waals surface area contributed by atoms with Crippen molar-refractivity contribution in [1.29, 1.82) is 0 Å². The van der Waals surface area contributed by atoms with E-state index in [2.05, 4.69) is 73.3 Å². The maximum atomic E-state index is 5.50. The molecule has 32 heavy (non-hydrogen) atoms. The standard InChI is InChI=1S/C28H36N2OS/c1-21-9-7-12-26(22(21)2)27(28-13-5-3-4-6-16-29-28)20-23-10-8-11-24(19-23)30-32-25-14-17-31-18-15-25/h7-13,16,19,25,27,30H,3-6,14-15,17-18,20H2,1-2H3/p+1/b28-13-,29-16?. The summed E-state index contributed by atoms with van der Waals surface area (Å²) in [4.78, 5) is 4.95. The minimum Gasteiger partial charge on any atom is -0.381 e. The fourth-order valence-corrected chi connectivity index (χ4v) is 5.53. The Hall–Kier alpha value is -2.04. The zero-order valence-electron chi connectivity index (χ0n) is 19.5. The van der Waals surface area contributed by atoms with Crippen molar-refractivity contribution in [2.75, 3.05) is 17.9 Å². The van der Waals surface area contributed by atoms with Gasteiger partial charge in [-0.2, -0.15) is 0 Å². The van der Waals surface area contributed by atoms with Crippen LogP contribution in [-0.4, -0.2) is 24.7 Å². The van der Waals surface area contributed by atoms with E-state index in [1.54, 1.807) is 0 Å². The van der Waals surface area contributed by atoms with Crippen molar-refractivity contribution in [1.82, 2.24) is 0 Å². The second-order valence-electron chi connectivity index (χ2n) is 9.06. The van der Waals surface area contributed by atoms with Gasteiger partial charge in [-0.15, -0.1) is 0 Å². The van der Waals surface area contributed by atoms with Gasteiger partial charge in [0.05, 0.1) is 30.8 Å². The van der Waals surface area contributed by atoms with Crippen LogP contribution in [0.2, 0.25) is 0 Å². The van der Waals surface area contributed by atoms with E-state index < -0.39 is 0 Å². The first kappa shape index (κ1) is 23.1. The molecular formula is C28H37N2OS+. The third-order valence-electron chi connectivity index (χ3n) is 6.69. The lowest BCUT2D eigenvalue weighted by atomic mass is 9.84. The number of ether oxygens (including phenoxy) is 1. The number of allylic oxidation sites excluding steroid dienone is 2. The van der Waals surface area contributed by atoms with Crippen LogP contribution in [-0.2, 0) is 23.1 Å². The quantitative estimate of drug-likeness (QED) is 0.388. The predicted octanol–water partition coefficient (Wildman–Crippen LogP) is 6.48. The molecule has 2 aliphatic rings. The van der Waals surface area contributed by atoms with Gasteiger partial charge in [-0.3, -0.25) is 4.99 Å². The summed E-state index contributed by atoms with van der Waals surface area (Å²) in [7, 11) is 0. The molecular weight excluding hydrogens is 412 g/mol. The van der Waals surface area contributed by atoms with Crippen LogP contribution in [0.5, 0.6) is 0 Å². The van der Waals surface area contributed by atoms with Gasteiger partial charge < -0.3 is 4.74 Å². The van der Waals surface area contributed by atoms with Crippen LogP contribution in [0.3, 0.4) is 0 Å². The second-order valence-corrected chi connectivity index (χ2v) is 10.3. The molecule has 1 N–H and O–H groups in total. The molecule has 0 spiro atoms. The third-order valence-corrected chi connectivity index (χ3v) is 7.96. The van der Waals surface area contributed by atoms with Crippen LogP contribution in [0.25, 0.3) is 0 Å². The number of hydrogen-bond acceptors (Lipinski definition) is 3. The highest BCUT2D eigenvalue weighted by Crippen LogP contribution is 2.34. The number of benzene rings is 2. The summed E-state index contributed by atoms with van der Waals surface area (Å²) in [5, 5.41) is 0.685. The Balaban J connectivity index is 1.56. The van der Waals surface area contributed by atoms with Gasteiger partial charge in [0.25, 0.3) is 0 Å². The fourth-order valence-electron chi connectivity index (χ4n) is 4.59. The lowest BCUT2D eigenvalue weighted by Gasteiger charge is -2.23. The van der Waals surface area contributed by atoms with Crippen molar-refractivity contribution in [3.63, 3.8) is 0 Å². The Morgan fingerprint density at radius 2 is 1.88 bits per heavy atom. The summed E-state index contributed by atoms with van der Waals surface area (Å²) < 4.78 is 9.16. The lowest BCUT2D eigenvalue weighted by Crippen LogP contribution is -2.24. The molecule has 1 atom stereocenters. The maximum Gasteiger partial charge on any atom is 0.144 e. The highest BCUT2D eigenvalue weighted by Gasteiger charge is 2.22. The number of thiol groups is 1. The Labute approximate surface area is 197 Å². The Bertz CT molecular complexity index is 946. The molecule has 2 heterocycles. The van der Waals surface area contributed by atoms with Gasteiger partial charge in [0.1, 0.15) is 5.25 Å². The molecule has 0 saturated carbocycles. The summed E-state index contributed by atoms with van der Waals surface area (Å²) in [6.45, 7) is 6.26. The molecule has 170 valence electrons. The summed E-state index contributed by atoms with van der Waals surface area (Å²) in [6, 6.07) is 15.7. The van der Waals surface area contributed by atoms with E-state index in [-0.39, 0.29) is 5.92 Å². The van der Waals surface area contributed by atoms with Crippen molar-refractivity contribution in [2.45, 2.75) is 70.0 Å². The third kappa shape index (κ3) is 6.26. The minimum absolute atomic E-state index is 0.285. The summed E-state index contributed by atoms with van der Waals surface area (Å²) in [5.74, 6) is 0.285. The van der Waals surface area contributed by atoms with Gasteiger partial charge in [0.15, 0.2) is 0 Å². The summed E-state index contributed by atoms with van der Waals surface area (Å²) >= 11 is 1.30. The Morgan fingerprint density at radius 3 is 2.75 bits per heavy atom. The van der Waals surface area contributed by atoms with E-state index in [0.717, 1.165) is 45.3 Å². The van der Waals surface area contributed by atoms with Gasteiger partial charge in [-0.05, 0) is 80.3 Å². The molecule has 0 amide bonds. The van der Waals surface area contributed by atoms with Crippen molar-refractivity contribution in [2.24, 2.45) is 4.99 Å². The van der Waals surface area contributed by atoms with Crippen LogP contribution in [0.4, 0.5) is 5.69 Å². The lowest BCUT2D eigenvalue weighted by molar-refractivity contribution is 0.0999. The summed E-state index contributed by atoms with van der Waals surface area (Å²) in [5.41, 5.74) is 7.97. The van der Waals surface area contributed by atoms with Gasteiger partial charge >= 0.3 is 0 Å². The SMILES string of the molecule is Cc1cccc(C(Cc2cccc(N[SH+]C3CCOCC3)c2)/C2=C/CCCCC=N2)c1C. The number of hydrogen-bond donors (Lipinski definition) is 1. The average Bonchev–Trinajstić information content (AvgIpc) is 2.79. The number of nitrogens with one attached hydrogen (secondary N) is 1. The average molecular weight is 450 g/mol. The van der Waals surface area contributed by atoms with Crippen LogP contribution >= 0.6 is 0 Å². The van der Waals surface area contributed by atoms with E-state index in [1.807, 2.05) is 0 Å². The molecule has 0 radical (unpaired) electrons. The monoisotopic (exact) mass is 449 g/mol. The van der Waals surface area contributed by atoms with Crippen LogP contribution in [0, 0.1) is 13.8 Å². The number of aryl methyl sites for hydroxylation is 1. The zero-order chi connectivity index (χ0) is 22.2. The molecule has 1 saturated heterocycles. The van der Waals surface area contributed by atoms with Crippen molar-refractivity contribution in [3.8, 4) is 0 Å². The van der Waals surface area contributed by atoms with E-state index in [4.69, 9.17) is 9.73 Å². The molecule has 3 nitrogen and oxygen atoms in total. The molecule has 0 aromatic heterocycles. The number of nitrogens with zero attached hydrogens (tertiary/aromatic N) is 1. The van der Waals surface area contributed by atoms with Crippen molar-refractivity contribution in [3.05, 3.63) is 76.5 Å². The molecule has 2 aromatic rings. The fraction of sp³-hybridized carbons (Fsp3) is 0.464. The largest absolute Gasteiger partial charge is 0.381 e. The van der Waals surface area contributed by atoms with E-state index >= 15 is 0 Å². The smallest absolute Gasteiger partial charge is 0.144 e. The van der Waals surface area contributed by atoms with Gasteiger partial charge in [-0.1, -0.05) is 36.4 Å². The zero-order valence-corrected chi connectivity index (χ0v) is 20.4. The highest BCUT2D eigenvalue weighted by molar-refractivity contribution is 7.80. The Morgan fingerprint density at radius 1 is 1.06 bits per heavy atom. The van der Waals surface area contributed by atoms with E-state index in [9.17, 15) is 0 Å². The molecule has 1 unspecified atom stereocenters. The van der Waals surface area contributed by atoms with Crippen LogP contribution in [0.15, 0.2) is 59.2 Å². The summed E-state index contributed by atoms with van der Waals surface area (Å²) in [6.07, 6.45) is 12.5. The molecule has 4 rings (SSSR count). The molecule has 4 heteroatoms. The molecule has 2 aromatic carbocycles. The predicted molar refractivity (Wildman–Crippen MR) is 140 cm³/mol. The molecule has 1 fully saturated rings. The first-order valence-electron chi connectivity index (χ1n) is 12.1. The van der Waals surface area contributed by atoms with Gasteiger partial charge in [0.2, 0.25) is 0 Å². The first-order valence-corrected chi connectivity index (χ1v) is 13.1. The minimum atomic E-state index is 0.285. The molecule has 0 aliphatic carbocycles. The maximum absolute atomic E-state index is 5.50. The number of rotatable bonds is 7. The number of anilines is 1. The number of aliphatic imine (C=N–C) groups is 1. The van der Waals surface area contributed by atoms with Gasteiger partial charge in [0, 0.05) is 30.7 Å². The topological polar surface area (TPSA) is 33.6 Å². The Kier molecular flexibility index (Phi) is 8.47. The van der Waals surface area contributed by atoms with Crippen molar-refractivity contribution >= 4 is 23.8 Å². The van der Waals surface area contributed by atoms with Crippen molar-refractivity contribution < 1.29 is 4.74 Å².